The van der Waals surface area contributed by atoms with Crippen molar-refractivity contribution in [1.29, 1.82) is 0 Å². The third-order valence-electron chi connectivity index (χ3n) is 2.65. The molecule has 0 atom stereocenters. The summed E-state index contributed by atoms with van der Waals surface area (Å²) in [5.41, 5.74) is 1.97. The summed E-state index contributed by atoms with van der Waals surface area (Å²) in [7, 11) is 0. The van der Waals surface area contributed by atoms with Crippen LogP contribution in [0, 0.1) is 0 Å². The summed E-state index contributed by atoms with van der Waals surface area (Å²) in [6.07, 6.45) is 0.897. The number of alkyl halides is 1. The van der Waals surface area contributed by atoms with E-state index in [4.69, 9.17) is 0 Å². The molecule has 0 aliphatic heterocycles. The second-order valence-electron chi connectivity index (χ2n) is 3.58. The van der Waals surface area contributed by atoms with Gasteiger partial charge in [0, 0.05) is 24.0 Å². The van der Waals surface area contributed by atoms with Crippen molar-refractivity contribution in [1.82, 2.24) is 4.90 Å². The molecule has 0 N–H and O–H groups in total. The highest BCUT2D eigenvalue weighted by atomic mass is 79.9. The molecule has 0 unspecified atom stereocenters. The standard InChI is InChI=1S/C13H18BrNO/c1-3-11-7-5-6-8-12(11)13(16)15(4-2)10-9-14/h5-8H,3-4,9-10H2,1-2H3. The fourth-order valence-electron chi connectivity index (χ4n) is 1.71. The van der Waals surface area contributed by atoms with E-state index < -0.39 is 0 Å². The number of amides is 1. The molecule has 1 aromatic carbocycles. The number of rotatable bonds is 5. The molecule has 16 heavy (non-hydrogen) atoms. The van der Waals surface area contributed by atoms with Gasteiger partial charge in [0.2, 0.25) is 0 Å². The molecular formula is C13H18BrNO. The maximum Gasteiger partial charge on any atom is 0.254 e. The summed E-state index contributed by atoms with van der Waals surface area (Å²) in [5.74, 6) is 0.138. The van der Waals surface area contributed by atoms with Crippen LogP contribution < -0.4 is 0 Å². The minimum atomic E-state index is 0.138. The van der Waals surface area contributed by atoms with Crippen LogP contribution in [0.2, 0.25) is 0 Å². The van der Waals surface area contributed by atoms with Gasteiger partial charge in [0.05, 0.1) is 0 Å². The molecule has 0 bridgehead atoms. The first-order valence-electron chi connectivity index (χ1n) is 5.67. The van der Waals surface area contributed by atoms with Gasteiger partial charge in [-0.25, -0.2) is 0 Å². The summed E-state index contributed by atoms with van der Waals surface area (Å²) < 4.78 is 0. The molecule has 0 aliphatic rings. The highest BCUT2D eigenvalue weighted by molar-refractivity contribution is 9.09. The minimum Gasteiger partial charge on any atom is -0.338 e. The predicted octanol–water partition coefficient (Wildman–Crippen LogP) is 3.11. The van der Waals surface area contributed by atoms with Gasteiger partial charge in [0.25, 0.3) is 5.91 Å². The fourth-order valence-corrected chi connectivity index (χ4v) is 2.14. The van der Waals surface area contributed by atoms with Crippen LogP contribution in [0.25, 0.3) is 0 Å². The molecule has 1 amide bonds. The molecule has 1 rings (SSSR count). The lowest BCUT2D eigenvalue weighted by Crippen LogP contribution is -2.33. The van der Waals surface area contributed by atoms with Gasteiger partial charge in [-0.1, -0.05) is 41.1 Å². The number of aryl methyl sites for hydroxylation is 1. The van der Waals surface area contributed by atoms with Crippen LogP contribution in [0.3, 0.4) is 0 Å². The smallest absolute Gasteiger partial charge is 0.254 e. The van der Waals surface area contributed by atoms with Crippen LogP contribution in [-0.4, -0.2) is 29.2 Å². The molecule has 1 aromatic rings. The first-order chi connectivity index (χ1) is 7.74. The van der Waals surface area contributed by atoms with E-state index in [9.17, 15) is 4.79 Å². The van der Waals surface area contributed by atoms with E-state index in [-0.39, 0.29) is 5.91 Å². The molecule has 3 heteroatoms. The number of carbonyl (C=O) groups is 1. The molecule has 0 aliphatic carbocycles. The Hall–Kier alpha value is -0.830. The lowest BCUT2D eigenvalue weighted by molar-refractivity contribution is 0.0774. The van der Waals surface area contributed by atoms with Crippen molar-refractivity contribution in [3.63, 3.8) is 0 Å². The van der Waals surface area contributed by atoms with Crippen LogP contribution in [0.15, 0.2) is 24.3 Å². The molecule has 0 aromatic heterocycles. The van der Waals surface area contributed by atoms with E-state index in [1.54, 1.807) is 0 Å². The van der Waals surface area contributed by atoms with E-state index in [0.29, 0.717) is 0 Å². The van der Waals surface area contributed by atoms with Gasteiger partial charge in [-0.3, -0.25) is 4.79 Å². The van der Waals surface area contributed by atoms with Crippen LogP contribution in [0.1, 0.15) is 29.8 Å². The van der Waals surface area contributed by atoms with Crippen LogP contribution in [0.4, 0.5) is 0 Å². The van der Waals surface area contributed by atoms with Crippen molar-refractivity contribution in [2.75, 3.05) is 18.4 Å². The van der Waals surface area contributed by atoms with Gasteiger partial charge < -0.3 is 4.90 Å². The van der Waals surface area contributed by atoms with E-state index in [1.165, 1.54) is 0 Å². The summed E-state index contributed by atoms with van der Waals surface area (Å²) >= 11 is 3.37. The van der Waals surface area contributed by atoms with Gasteiger partial charge in [0.1, 0.15) is 0 Å². The zero-order chi connectivity index (χ0) is 12.0. The van der Waals surface area contributed by atoms with Gasteiger partial charge in [-0.05, 0) is 25.0 Å². The second-order valence-corrected chi connectivity index (χ2v) is 4.38. The lowest BCUT2D eigenvalue weighted by Gasteiger charge is -2.21. The van der Waals surface area contributed by atoms with Crippen molar-refractivity contribution in [3.8, 4) is 0 Å². The van der Waals surface area contributed by atoms with Gasteiger partial charge in [0.15, 0.2) is 0 Å². The second kappa shape index (κ2) is 6.69. The predicted molar refractivity (Wildman–Crippen MR) is 71.2 cm³/mol. The SMILES string of the molecule is CCc1ccccc1C(=O)N(CC)CCBr. The normalized spacial score (nSPS) is 10.2. The zero-order valence-corrected chi connectivity index (χ0v) is 11.5. The quantitative estimate of drug-likeness (QED) is 0.761. The fraction of sp³-hybridized carbons (Fsp3) is 0.462. The number of hydrogen-bond donors (Lipinski definition) is 0. The average molecular weight is 284 g/mol. The number of halogens is 1. The monoisotopic (exact) mass is 283 g/mol. The molecule has 0 spiro atoms. The van der Waals surface area contributed by atoms with Crippen molar-refractivity contribution >= 4 is 21.8 Å². The summed E-state index contributed by atoms with van der Waals surface area (Å²) in [6.45, 7) is 5.60. The van der Waals surface area contributed by atoms with Crippen molar-refractivity contribution in [2.24, 2.45) is 0 Å². The van der Waals surface area contributed by atoms with Crippen molar-refractivity contribution in [2.45, 2.75) is 20.3 Å². The van der Waals surface area contributed by atoms with E-state index in [0.717, 1.165) is 36.0 Å². The zero-order valence-electron chi connectivity index (χ0n) is 9.87. The van der Waals surface area contributed by atoms with Crippen LogP contribution >= 0.6 is 15.9 Å². The van der Waals surface area contributed by atoms with Gasteiger partial charge >= 0.3 is 0 Å². The Kier molecular flexibility index (Phi) is 5.53. The molecule has 2 nitrogen and oxygen atoms in total. The van der Waals surface area contributed by atoms with Crippen LogP contribution in [-0.2, 0) is 6.42 Å². The third kappa shape index (κ3) is 3.08. The Bertz CT molecular complexity index is 352. The molecule has 0 saturated heterocycles. The largest absolute Gasteiger partial charge is 0.338 e. The number of nitrogens with zero attached hydrogens (tertiary/aromatic N) is 1. The van der Waals surface area contributed by atoms with Crippen LogP contribution in [0.5, 0.6) is 0 Å². The average Bonchev–Trinajstić information content (AvgIpc) is 2.35. The molecule has 0 fully saturated rings. The topological polar surface area (TPSA) is 20.3 Å². The maximum absolute atomic E-state index is 12.3. The van der Waals surface area contributed by atoms with Gasteiger partial charge in [-0.2, -0.15) is 0 Å². The Balaban J connectivity index is 2.93. The maximum atomic E-state index is 12.3. The number of carbonyl (C=O) groups excluding carboxylic acids is 1. The lowest BCUT2D eigenvalue weighted by atomic mass is 10.0. The van der Waals surface area contributed by atoms with E-state index >= 15 is 0 Å². The summed E-state index contributed by atoms with van der Waals surface area (Å²) in [5, 5.41) is 0.820. The minimum absolute atomic E-state index is 0.138. The summed E-state index contributed by atoms with van der Waals surface area (Å²) in [4.78, 5) is 14.1. The van der Waals surface area contributed by atoms with E-state index in [1.807, 2.05) is 36.1 Å². The number of hydrogen-bond acceptors (Lipinski definition) is 1. The highest BCUT2D eigenvalue weighted by Gasteiger charge is 2.15. The van der Waals surface area contributed by atoms with Gasteiger partial charge in [-0.15, -0.1) is 0 Å². The Morgan fingerprint density at radius 2 is 2.00 bits per heavy atom. The first kappa shape index (κ1) is 13.2. The Morgan fingerprint density at radius 1 is 1.31 bits per heavy atom. The highest BCUT2D eigenvalue weighted by Crippen LogP contribution is 2.12. The molecular weight excluding hydrogens is 266 g/mol. The third-order valence-corrected chi connectivity index (χ3v) is 3.01. The van der Waals surface area contributed by atoms with E-state index in [2.05, 4.69) is 22.9 Å². The molecule has 0 heterocycles. The Labute approximate surface area is 106 Å². The van der Waals surface area contributed by atoms with Crippen molar-refractivity contribution < 1.29 is 4.79 Å². The molecule has 0 radical (unpaired) electrons. The summed E-state index contributed by atoms with van der Waals surface area (Å²) in [6, 6.07) is 7.85. The molecule has 88 valence electrons. The number of benzene rings is 1. The first-order valence-corrected chi connectivity index (χ1v) is 6.79. The Morgan fingerprint density at radius 3 is 2.56 bits per heavy atom. The molecule has 0 saturated carbocycles. The van der Waals surface area contributed by atoms with Crippen molar-refractivity contribution in [3.05, 3.63) is 35.4 Å².